The molecule has 0 aliphatic carbocycles. The third-order valence-electron chi connectivity index (χ3n) is 2.07. The lowest BCUT2D eigenvalue weighted by molar-refractivity contribution is -0.134. The average molecular weight is 286 g/mol. The van der Waals surface area contributed by atoms with Crippen molar-refractivity contribution in [2.75, 3.05) is 19.3 Å². The second kappa shape index (κ2) is 4.73. The highest BCUT2D eigenvalue weighted by atomic mass is 32.2. The van der Waals surface area contributed by atoms with Crippen LogP contribution >= 0.6 is 0 Å². The molecule has 0 spiro atoms. The van der Waals surface area contributed by atoms with E-state index in [9.17, 15) is 26.0 Å². The molecule has 0 atom stereocenters. The fourth-order valence-electron chi connectivity index (χ4n) is 1.29. The molecule has 0 aliphatic heterocycles. The van der Waals surface area contributed by atoms with Crippen molar-refractivity contribution in [3.8, 4) is 0 Å². The molecule has 4 nitrogen and oxygen atoms in total. The largest absolute Gasteiger partial charge is 0.402 e. The number of anilines is 1. The van der Waals surface area contributed by atoms with Crippen LogP contribution in [0.5, 0.6) is 0 Å². The number of nitrogens with two attached hydrogens (primary N) is 1. The second-order valence-corrected chi connectivity index (χ2v) is 5.52. The van der Waals surface area contributed by atoms with E-state index in [-0.39, 0.29) is 4.31 Å². The molecule has 102 valence electrons. The monoisotopic (exact) mass is 286 g/mol. The smallest absolute Gasteiger partial charge is 0.398 e. The number of nitrogens with zero attached hydrogens (tertiary/aromatic N) is 1. The number of sulfonamides is 1. The van der Waals surface area contributed by atoms with Gasteiger partial charge in [0.25, 0.3) is 0 Å². The number of hydrogen-bond donors (Lipinski definition) is 1. The van der Waals surface area contributed by atoms with E-state index in [0.717, 1.165) is 18.2 Å². The summed E-state index contributed by atoms with van der Waals surface area (Å²) in [6.07, 6.45) is -4.72. The fraction of sp³-hybridized carbons (Fsp3) is 0.333. The van der Waals surface area contributed by atoms with Crippen molar-refractivity contribution in [3.05, 3.63) is 24.0 Å². The second-order valence-electron chi connectivity index (χ2n) is 3.53. The molecule has 0 radical (unpaired) electrons. The standard InChI is InChI=1S/C9H10F4N2O2S/c1-15(5-9(11,12)13)18(16,17)8-6(10)3-2-4-7(8)14/h2-4H,5,14H2,1H3. The maximum atomic E-state index is 13.4. The van der Waals surface area contributed by atoms with Crippen LogP contribution in [0.4, 0.5) is 23.2 Å². The number of halogens is 4. The minimum Gasteiger partial charge on any atom is -0.398 e. The summed E-state index contributed by atoms with van der Waals surface area (Å²) < 4.78 is 73.3. The van der Waals surface area contributed by atoms with E-state index in [4.69, 9.17) is 5.73 Å². The van der Waals surface area contributed by atoms with Crippen LogP contribution in [0, 0.1) is 5.82 Å². The van der Waals surface area contributed by atoms with Crippen molar-refractivity contribution in [2.45, 2.75) is 11.1 Å². The highest BCUT2D eigenvalue weighted by Gasteiger charge is 2.36. The van der Waals surface area contributed by atoms with E-state index in [1.165, 1.54) is 0 Å². The number of benzene rings is 1. The van der Waals surface area contributed by atoms with Crippen LogP contribution in [0.3, 0.4) is 0 Å². The summed E-state index contributed by atoms with van der Waals surface area (Å²) in [4.78, 5) is -0.947. The fourth-order valence-corrected chi connectivity index (χ4v) is 2.60. The molecule has 1 aromatic rings. The van der Waals surface area contributed by atoms with Gasteiger partial charge in [-0.3, -0.25) is 0 Å². The normalized spacial score (nSPS) is 13.0. The Balaban J connectivity index is 3.22. The first-order chi connectivity index (χ1) is 8.05. The van der Waals surface area contributed by atoms with Gasteiger partial charge in [0, 0.05) is 7.05 Å². The summed E-state index contributed by atoms with van der Waals surface area (Å²) in [7, 11) is -3.92. The lowest BCUT2D eigenvalue weighted by Gasteiger charge is -2.19. The molecule has 0 amide bonds. The Morgan fingerprint density at radius 2 is 1.89 bits per heavy atom. The van der Waals surface area contributed by atoms with E-state index >= 15 is 0 Å². The summed E-state index contributed by atoms with van der Waals surface area (Å²) in [5, 5.41) is 0. The first kappa shape index (κ1) is 14.7. The van der Waals surface area contributed by atoms with Crippen LogP contribution in [0.15, 0.2) is 23.1 Å². The van der Waals surface area contributed by atoms with Crippen molar-refractivity contribution in [1.82, 2.24) is 4.31 Å². The molecule has 18 heavy (non-hydrogen) atoms. The molecule has 2 N–H and O–H groups in total. The van der Waals surface area contributed by atoms with Gasteiger partial charge in [-0.1, -0.05) is 6.07 Å². The predicted molar refractivity (Wildman–Crippen MR) is 56.7 cm³/mol. The van der Waals surface area contributed by atoms with Gasteiger partial charge in [0.05, 0.1) is 5.69 Å². The molecule has 0 aromatic heterocycles. The summed E-state index contributed by atoms with van der Waals surface area (Å²) in [5.41, 5.74) is 4.84. The van der Waals surface area contributed by atoms with Gasteiger partial charge in [0.1, 0.15) is 17.3 Å². The zero-order valence-electron chi connectivity index (χ0n) is 9.20. The highest BCUT2D eigenvalue weighted by molar-refractivity contribution is 7.89. The Morgan fingerprint density at radius 3 is 2.33 bits per heavy atom. The first-order valence-corrected chi connectivity index (χ1v) is 6.07. The first-order valence-electron chi connectivity index (χ1n) is 4.63. The van der Waals surface area contributed by atoms with Crippen LogP contribution < -0.4 is 5.73 Å². The molecule has 0 saturated heterocycles. The molecular weight excluding hydrogens is 276 g/mol. The zero-order chi connectivity index (χ0) is 14.1. The van der Waals surface area contributed by atoms with Gasteiger partial charge in [-0.25, -0.2) is 12.8 Å². The van der Waals surface area contributed by atoms with Gasteiger partial charge in [-0.15, -0.1) is 0 Å². The molecular formula is C9H10F4N2O2S. The summed E-state index contributed by atoms with van der Waals surface area (Å²) in [6.45, 7) is -1.72. The van der Waals surface area contributed by atoms with Crippen molar-refractivity contribution in [1.29, 1.82) is 0 Å². The lowest BCUT2D eigenvalue weighted by Crippen LogP contribution is -2.36. The van der Waals surface area contributed by atoms with Crippen LogP contribution in [-0.2, 0) is 10.0 Å². The van der Waals surface area contributed by atoms with E-state index in [0.29, 0.717) is 7.05 Å². The number of hydrogen-bond acceptors (Lipinski definition) is 3. The maximum absolute atomic E-state index is 13.4. The summed E-state index contributed by atoms with van der Waals surface area (Å²) >= 11 is 0. The van der Waals surface area contributed by atoms with Crippen molar-refractivity contribution >= 4 is 15.7 Å². The van der Waals surface area contributed by atoms with Gasteiger partial charge in [-0.05, 0) is 12.1 Å². The van der Waals surface area contributed by atoms with Crippen LogP contribution in [0.1, 0.15) is 0 Å². The maximum Gasteiger partial charge on any atom is 0.402 e. The average Bonchev–Trinajstić information content (AvgIpc) is 2.13. The lowest BCUT2D eigenvalue weighted by atomic mass is 10.3. The van der Waals surface area contributed by atoms with E-state index in [1.807, 2.05) is 0 Å². The van der Waals surface area contributed by atoms with Crippen molar-refractivity contribution in [2.24, 2.45) is 0 Å². The predicted octanol–water partition coefficient (Wildman–Crippen LogP) is 1.59. The third-order valence-corrected chi connectivity index (χ3v) is 3.96. The highest BCUT2D eigenvalue weighted by Crippen LogP contribution is 2.26. The van der Waals surface area contributed by atoms with Crippen molar-refractivity contribution in [3.63, 3.8) is 0 Å². The van der Waals surface area contributed by atoms with Gasteiger partial charge in [0.2, 0.25) is 10.0 Å². The molecule has 1 rings (SSSR count). The molecule has 0 fully saturated rings. The molecule has 0 saturated carbocycles. The van der Waals surface area contributed by atoms with E-state index < -0.39 is 39.1 Å². The van der Waals surface area contributed by atoms with Gasteiger partial charge in [0.15, 0.2) is 0 Å². The van der Waals surface area contributed by atoms with Crippen molar-refractivity contribution < 1.29 is 26.0 Å². The molecule has 0 bridgehead atoms. The minimum atomic E-state index is -4.72. The van der Waals surface area contributed by atoms with Crippen LogP contribution in [0.25, 0.3) is 0 Å². The summed E-state index contributed by atoms with van der Waals surface area (Å²) in [6, 6.07) is 3.06. The van der Waals surface area contributed by atoms with Crippen LogP contribution in [0.2, 0.25) is 0 Å². The zero-order valence-corrected chi connectivity index (χ0v) is 10.0. The Kier molecular flexibility index (Phi) is 3.86. The van der Waals surface area contributed by atoms with E-state index in [2.05, 4.69) is 0 Å². The Labute approximate surface area is 101 Å². The molecule has 1 aromatic carbocycles. The minimum absolute atomic E-state index is 0.00176. The topological polar surface area (TPSA) is 63.4 Å². The number of nitrogen functional groups attached to an aromatic ring is 1. The Morgan fingerprint density at radius 1 is 1.33 bits per heavy atom. The molecule has 0 aliphatic rings. The Bertz CT molecular complexity index is 522. The molecule has 0 heterocycles. The Hall–Kier alpha value is -1.35. The van der Waals surface area contributed by atoms with E-state index in [1.54, 1.807) is 0 Å². The SMILES string of the molecule is CN(CC(F)(F)F)S(=O)(=O)c1c(N)cccc1F. The quantitative estimate of drug-likeness (QED) is 0.678. The van der Waals surface area contributed by atoms with Gasteiger partial charge >= 0.3 is 6.18 Å². The number of rotatable bonds is 3. The van der Waals surface area contributed by atoms with Gasteiger partial charge in [-0.2, -0.15) is 17.5 Å². The third kappa shape index (κ3) is 3.10. The summed E-state index contributed by atoms with van der Waals surface area (Å²) in [5.74, 6) is -1.19. The number of alkyl halides is 3. The molecule has 9 heteroatoms. The van der Waals surface area contributed by atoms with Crippen LogP contribution in [-0.4, -0.2) is 32.5 Å². The van der Waals surface area contributed by atoms with Gasteiger partial charge < -0.3 is 5.73 Å². The molecule has 0 unspecified atom stereocenters.